The molecule has 4 nitrogen and oxygen atoms in total. The van der Waals surface area contributed by atoms with Crippen molar-refractivity contribution < 1.29 is 9.18 Å². The first-order chi connectivity index (χ1) is 13.2. The van der Waals surface area contributed by atoms with Gasteiger partial charge in [0.2, 0.25) is 5.91 Å². The first-order valence-electron chi connectivity index (χ1n) is 9.32. The number of anilines is 1. The number of piperidine rings is 1. The fourth-order valence-electron chi connectivity index (χ4n) is 3.53. The van der Waals surface area contributed by atoms with E-state index in [4.69, 9.17) is 4.98 Å². The summed E-state index contributed by atoms with van der Waals surface area (Å²) in [5.41, 5.74) is 1.64. The summed E-state index contributed by atoms with van der Waals surface area (Å²) < 4.78 is 14.8. The van der Waals surface area contributed by atoms with Gasteiger partial charge in [0.15, 0.2) is 5.13 Å². The first kappa shape index (κ1) is 17.9. The van der Waals surface area contributed by atoms with Crippen LogP contribution in [0.4, 0.5) is 9.52 Å². The SMILES string of the molecule is O=C(NCCc1ccccc1F)[C@@H]1CCCN(c2nc3ccccc3s2)C1. The normalized spacial score (nSPS) is 17.2. The van der Waals surface area contributed by atoms with E-state index in [0.717, 1.165) is 30.0 Å². The molecule has 1 aliphatic rings. The summed E-state index contributed by atoms with van der Waals surface area (Å²) in [6, 6.07) is 14.8. The molecule has 2 heterocycles. The van der Waals surface area contributed by atoms with Crippen LogP contribution in [0.15, 0.2) is 48.5 Å². The molecule has 0 radical (unpaired) electrons. The number of halogens is 1. The Hall–Kier alpha value is -2.47. The second-order valence-electron chi connectivity index (χ2n) is 6.88. The smallest absolute Gasteiger partial charge is 0.224 e. The number of benzene rings is 2. The fraction of sp³-hybridized carbons (Fsp3) is 0.333. The molecule has 4 rings (SSSR count). The number of fused-ring (bicyclic) bond motifs is 1. The number of hydrogen-bond acceptors (Lipinski definition) is 4. The van der Waals surface area contributed by atoms with E-state index in [0.29, 0.717) is 25.1 Å². The van der Waals surface area contributed by atoms with Crippen LogP contribution in [0, 0.1) is 11.7 Å². The third-order valence-corrected chi connectivity index (χ3v) is 6.09. The van der Waals surface area contributed by atoms with Gasteiger partial charge < -0.3 is 10.2 Å². The van der Waals surface area contributed by atoms with Crippen LogP contribution in [0.5, 0.6) is 0 Å². The lowest BCUT2D eigenvalue weighted by Gasteiger charge is -2.31. The van der Waals surface area contributed by atoms with E-state index < -0.39 is 0 Å². The van der Waals surface area contributed by atoms with Gasteiger partial charge in [-0.1, -0.05) is 41.7 Å². The summed E-state index contributed by atoms with van der Waals surface area (Å²) in [7, 11) is 0. The molecular weight excluding hydrogens is 361 g/mol. The maximum Gasteiger partial charge on any atom is 0.224 e. The average molecular weight is 383 g/mol. The highest BCUT2D eigenvalue weighted by molar-refractivity contribution is 7.22. The van der Waals surface area contributed by atoms with Crippen molar-refractivity contribution >= 4 is 32.6 Å². The van der Waals surface area contributed by atoms with E-state index in [2.05, 4.69) is 16.3 Å². The zero-order valence-corrected chi connectivity index (χ0v) is 15.8. The molecule has 27 heavy (non-hydrogen) atoms. The predicted molar refractivity (Wildman–Crippen MR) is 108 cm³/mol. The van der Waals surface area contributed by atoms with Crippen molar-refractivity contribution in [2.75, 3.05) is 24.5 Å². The van der Waals surface area contributed by atoms with Gasteiger partial charge in [-0.2, -0.15) is 0 Å². The van der Waals surface area contributed by atoms with Crippen LogP contribution < -0.4 is 10.2 Å². The summed E-state index contributed by atoms with van der Waals surface area (Å²) in [5.74, 6) is -0.213. The number of rotatable bonds is 5. The number of thiazole rings is 1. The van der Waals surface area contributed by atoms with Crippen LogP contribution in [0.3, 0.4) is 0 Å². The lowest BCUT2D eigenvalue weighted by Crippen LogP contribution is -2.43. The number of hydrogen-bond donors (Lipinski definition) is 1. The van der Waals surface area contributed by atoms with Crippen molar-refractivity contribution in [2.45, 2.75) is 19.3 Å². The number of para-hydroxylation sites is 1. The van der Waals surface area contributed by atoms with Crippen LogP contribution in [-0.2, 0) is 11.2 Å². The predicted octanol–water partition coefficient (Wildman–Crippen LogP) is 4.01. The maximum atomic E-state index is 13.7. The van der Waals surface area contributed by atoms with Gasteiger partial charge >= 0.3 is 0 Å². The molecule has 0 saturated carbocycles. The standard InChI is InChI=1S/C21H22FN3OS/c22-17-8-2-1-6-15(17)11-12-23-20(26)16-7-5-13-25(14-16)21-24-18-9-3-4-10-19(18)27-21/h1-4,6,8-10,16H,5,7,11-14H2,(H,23,26)/t16-/m1/s1. The highest BCUT2D eigenvalue weighted by atomic mass is 32.1. The molecule has 1 aliphatic heterocycles. The monoisotopic (exact) mass is 383 g/mol. The van der Waals surface area contributed by atoms with Crippen molar-refractivity contribution in [3.05, 3.63) is 59.9 Å². The van der Waals surface area contributed by atoms with Gasteiger partial charge in [-0.3, -0.25) is 4.79 Å². The molecule has 1 aromatic heterocycles. The van der Waals surface area contributed by atoms with Crippen molar-refractivity contribution in [1.82, 2.24) is 10.3 Å². The van der Waals surface area contributed by atoms with Gasteiger partial charge in [0.1, 0.15) is 5.82 Å². The first-order valence-corrected chi connectivity index (χ1v) is 10.1. The summed E-state index contributed by atoms with van der Waals surface area (Å²) in [5, 5.41) is 3.96. The van der Waals surface area contributed by atoms with Crippen LogP contribution in [0.25, 0.3) is 10.2 Å². The molecule has 140 valence electrons. The molecule has 1 fully saturated rings. The topological polar surface area (TPSA) is 45.2 Å². The van der Waals surface area contributed by atoms with Crippen molar-refractivity contribution in [2.24, 2.45) is 5.92 Å². The Kier molecular flexibility index (Phi) is 5.34. The van der Waals surface area contributed by atoms with E-state index >= 15 is 0 Å². The van der Waals surface area contributed by atoms with E-state index in [1.165, 1.54) is 10.8 Å². The van der Waals surface area contributed by atoms with Crippen LogP contribution in [0.1, 0.15) is 18.4 Å². The van der Waals surface area contributed by atoms with Gasteiger partial charge in [-0.05, 0) is 43.0 Å². The number of amides is 1. The average Bonchev–Trinajstić information content (AvgIpc) is 3.14. The third-order valence-electron chi connectivity index (χ3n) is 5.00. The molecule has 0 unspecified atom stereocenters. The van der Waals surface area contributed by atoms with E-state index in [1.54, 1.807) is 23.5 Å². The number of aromatic nitrogens is 1. The molecule has 0 spiro atoms. The number of carbonyl (C=O) groups is 1. The van der Waals surface area contributed by atoms with Crippen LogP contribution in [-0.4, -0.2) is 30.5 Å². The van der Waals surface area contributed by atoms with Crippen LogP contribution >= 0.6 is 11.3 Å². The van der Waals surface area contributed by atoms with Gasteiger partial charge in [0.25, 0.3) is 0 Å². The third kappa shape index (κ3) is 4.11. The Morgan fingerprint density at radius 1 is 1.22 bits per heavy atom. The van der Waals surface area contributed by atoms with Crippen molar-refractivity contribution in [3.8, 4) is 0 Å². The number of carbonyl (C=O) groups excluding carboxylic acids is 1. The van der Waals surface area contributed by atoms with Gasteiger partial charge in [0, 0.05) is 19.6 Å². The minimum atomic E-state index is -0.216. The van der Waals surface area contributed by atoms with E-state index in [-0.39, 0.29) is 17.6 Å². The van der Waals surface area contributed by atoms with Gasteiger partial charge in [0.05, 0.1) is 16.1 Å². The summed E-state index contributed by atoms with van der Waals surface area (Å²) >= 11 is 1.68. The lowest BCUT2D eigenvalue weighted by atomic mass is 9.97. The molecule has 1 atom stereocenters. The molecule has 0 aliphatic carbocycles. The summed E-state index contributed by atoms with van der Waals surface area (Å²) in [6.45, 7) is 2.07. The summed E-state index contributed by atoms with van der Waals surface area (Å²) in [6.07, 6.45) is 2.36. The molecule has 1 saturated heterocycles. The quantitative estimate of drug-likeness (QED) is 0.724. The second kappa shape index (κ2) is 8.05. The van der Waals surface area contributed by atoms with Crippen molar-refractivity contribution in [1.29, 1.82) is 0 Å². The molecular formula is C21H22FN3OS. The van der Waals surface area contributed by atoms with Gasteiger partial charge in [-0.25, -0.2) is 9.37 Å². The zero-order chi connectivity index (χ0) is 18.6. The molecule has 1 amide bonds. The Morgan fingerprint density at radius 2 is 2.04 bits per heavy atom. The second-order valence-corrected chi connectivity index (χ2v) is 7.89. The minimum absolute atomic E-state index is 0.0496. The number of nitrogens with zero attached hydrogens (tertiary/aromatic N) is 2. The Balaban J connectivity index is 1.34. The summed E-state index contributed by atoms with van der Waals surface area (Å²) in [4.78, 5) is 19.5. The van der Waals surface area contributed by atoms with Crippen molar-refractivity contribution in [3.63, 3.8) is 0 Å². The maximum absolute atomic E-state index is 13.7. The van der Waals surface area contributed by atoms with Crippen LogP contribution in [0.2, 0.25) is 0 Å². The van der Waals surface area contributed by atoms with E-state index in [9.17, 15) is 9.18 Å². The molecule has 3 aromatic rings. The largest absolute Gasteiger partial charge is 0.355 e. The zero-order valence-electron chi connectivity index (χ0n) is 15.0. The number of nitrogens with one attached hydrogen (secondary N) is 1. The lowest BCUT2D eigenvalue weighted by molar-refractivity contribution is -0.125. The molecule has 2 aromatic carbocycles. The highest BCUT2D eigenvalue weighted by Gasteiger charge is 2.27. The molecule has 1 N–H and O–H groups in total. The molecule has 6 heteroatoms. The Bertz CT molecular complexity index is 909. The molecule has 0 bridgehead atoms. The highest BCUT2D eigenvalue weighted by Crippen LogP contribution is 2.31. The van der Waals surface area contributed by atoms with Gasteiger partial charge in [-0.15, -0.1) is 0 Å². The fourth-order valence-corrected chi connectivity index (χ4v) is 4.53. The Morgan fingerprint density at radius 3 is 2.89 bits per heavy atom. The van der Waals surface area contributed by atoms with E-state index in [1.807, 2.05) is 24.3 Å². The Labute approximate surface area is 162 Å². The minimum Gasteiger partial charge on any atom is -0.355 e.